The molecular weight excluding hydrogens is 256 g/mol. The van der Waals surface area contributed by atoms with Crippen LogP contribution in [0.5, 0.6) is 11.5 Å². The number of benzene rings is 1. The highest BCUT2D eigenvalue weighted by atomic mass is 16.5. The van der Waals surface area contributed by atoms with Crippen LogP contribution in [0.25, 0.3) is 11.3 Å². The zero-order valence-electron chi connectivity index (χ0n) is 11.5. The molecule has 0 fully saturated rings. The summed E-state index contributed by atoms with van der Waals surface area (Å²) in [4.78, 5) is 11.5. The normalized spacial score (nSPS) is 13.9. The zero-order chi connectivity index (χ0) is 14.1. The second kappa shape index (κ2) is 5.00. The summed E-state index contributed by atoms with van der Waals surface area (Å²) in [7, 11) is 0. The summed E-state index contributed by atoms with van der Waals surface area (Å²) in [5, 5.41) is 6.67. The SMILES string of the molecule is Cc1c(-c2ccc3c(c2)OCCCO3)n[nH]c(=O)c1C. The fourth-order valence-corrected chi connectivity index (χ4v) is 2.21. The van der Waals surface area contributed by atoms with Gasteiger partial charge in [-0.3, -0.25) is 4.79 Å². The van der Waals surface area contributed by atoms with Crippen LogP contribution in [0.4, 0.5) is 0 Å². The topological polar surface area (TPSA) is 64.2 Å². The van der Waals surface area contributed by atoms with Crippen LogP contribution in [-0.4, -0.2) is 23.4 Å². The van der Waals surface area contributed by atoms with Gasteiger partial charge in [0.05, 0.1) is 18.9 Å². The Balaban J connectivity index is 2.09. The molecule has 1 N–H and O–H groups in total. The molecule has 0 saturated heterocycles. The third-order valence-corrected chi connectivity index (χ3v) is 3.55. The Kier molecular flexibility index (Phi) is 3.18. The lowest BCUT2D eigenvalue weighted by atomic mass is 10.0. The van der Waals surface area contributed by atoms with Crippen molar-refractivity contribution in [3.63, 3.8) is 0 Å². The number of ether oxygens (including phenoxy) is 2. The molecule has 104 valence electrons. The number of nitrogens with zero attached hydrogens (tertiary/aromatic N) is 1. The van der Waals surface area contributed by atoms with E-state index in [0.29, 0.717) is 18.8 Å². The third-order valence-electron chi connectivity index (χ3n) is 3.55. The van der Waals surface area contributed by atoms with E-state index in [9.17, 15) is 4.79 Å². The maximum atomic E-state index is 11.5. The van der Waals surface area contributed by atoms with E-state index in [-0.39, 0.29) is 5.56 Å². The molecule has 0 bridgehead atoms. The van der Waals surface area contributed by atoms with Gasteiger partial charge in [0.25, 0.3) is 5.56 Å². The van der Waals surface area contributed by atoms with Gasteiger partial charge in [-0.1, -0.05) is 0 Å². The summed E-state index contributed by atoms with van der Waals surface area (Å²) in [6.45, 7) is 5.01. The second-order valence-electron chi connectivity index (χ2n) is 4.86. The molecule has 0 atom stereocenters. The highest BCUT2D eigenvalue weighted by Gasteiger charge is 2.14. The van der Waals surface area contributed by atoms with Gasteiger partial charge in [-0.2, -0.15) is 5.10 Å². The Morgan fingerprint density at radius 3 is 2.65 bits per heavy atom. The zero-order valence-corrected chi connectivity index (χ0v) is 11.5. The van der Waals surface area contributed by atoms with Crippen LogP contribution in [0, 0.1) is 13.8 Å². The Bertz CT molecular complexity index is 707. The Labute approximate surface area is 116 Å². The maximum Gasteiger partial charge on any atom is 0.267 e. The number of aromatic amines is 1. The fraction of sp³-hybridized carbons (Fsp3) is 0.333. The van der Waals surface area contributed by atoms with Crippen molar-refractivity contribution in [2.45, 2.75) is 20.3 Å². The molecule has 0 saturated carbocycles. The molecule has 5 heteroatoms. The molecule has 3 rings (SSSR count). The van der Waals surface area contributed by atoms with Gasteiger partial charge in [-0.25, -0.2) is 5.10 Å². The summed E-state index contributed by atoms with van der Waals surface area (Å²) in [5.74, 6) is 1.48. The van der Waals surface area contributed by atoms with Crippen LogP contribution in [0.15, 0.2) is 23.0 Å². The number of hydrogen-bond acceptors (Lipinski definition) is 4. The first-order valence-electron chi connectivity index (χ1n) is 6.62. The molecule has 1 aromatic heterocycles. The lowest BCUT2D eigenvalue weighted by Crippen LogP contribution is -2.14. The van der Waals surface area contributed by atoms with Gasteiger partial charge in [0.15, 0.2) is 11.5 Å². The molecular formula is C15H16N2O3. The predicted molar refractivity (Wildman–Crippen MR) is 75.4 cm³/mol. The van der Waals surface area contributed by atoms with Crippen molar-refractivity contribution >= 4 is 0 Å². The van der Waals surface area contributed by atoms with Gasteiger partial charge in [-0.05, 0) is 37.6 Å². The number of fused-ring (bicyclic) bond motifs is 1. The van der Waals surface area contributed by atoms with Gasteiger partial charge in [-0.15, -0.1) is 0 Å². The fourth-order valence-electron chi connectivity index (χ4n) is 2.21. The van der Waals surface area contributed by atoms with Gasteiger partial charge >= 0.3 is 0 Å². The van der Waals surface area contributed by atoms with Crippen LogP contribution >= 0.6 is 0 Å². The van der Waals surface area contributed by atoms with Crippen molar-refractivity contribution in [1.29, 1.82) is 0 Å². The molecule has 0 radical (unpaired) electrons. The molecule has 0 spiro atoms. The van der Waals surface area contributed by atoms with E-state index in [1.165, 1.54) is 0 Å². The first kappa shape index (κ1) is 12.7. The Hall–Kier alpha value is -2.30. The summed E-state index contributed by atoms with van der Waals surface area (Å²) in [5.41, 5.74) is 3.08. The van der Waals surface area contributed by atoms with Crippen molar-refractivity contribution in [3.05, 3.63) is 39.7 Å². The van der Waals surface area contributed by atoms with Gasteiger partial charge in [0.1, 0.15) is 0 Å². The minimum absolute atomic E-state index is 0.152. The summed E-state index contributed by atoms with van der Waals surface area (Å²) in [6.07, 6.45) is 0.874. The first-order chi connectivity index (χ1) is 9.66. The largest absolute Gasteiger partial charge is 0.490 e. The average Bonchev–Trinajstić information content (AvgIpc) is 2.69. The van der Waals surface area contributed by atoms with Crippen molar-refractivity contribution in [2.75, 3.05) is 13.2 Å². The molecule has 0 unspecified atom stereocenters. The molecule has 2 heterocycles. The summed E-state index contributed by atoms with van der Waals surface area (Å²) in [6, 6.07) is 5.73. The smallest absolute Gasteiger partial charge is 0.267 e. The molecule has 0 amide bonds. The number of aromatic nitrogens is 2. The Morgan fingerprint density at radius 1 is 1.10 bits per heavy atom. The van der Waals surface area contributed by atoms with E-state index in [1.807, 2.05) is 25.1 Å². The number of nitrogens with one attached hydrogen (secondary N) is 1. The van der Waals surface area contributed by atoms with Crippen molar-refractivity contribution < 1.29 is 9.47 Å². The van der Waals surface area contributed by atoms with Crippen LogP contribution in [0.1, 0.15) is 17.5 Å². The van der Waals surface area contributed by atoms with E-state index in [1.54, 1.807) is 6.92 Å². The van der Waals surface area contributed by atoms with Gasteiger partial charge in [0, 0.05) is 17.5 Å². The molecule has 20 heavy (non-hydrogen) atoms. The van der Waals surface area contributed by atoms with Crippen LogP contribution < -0.4 is 15.0 Å². The van der Waals surface area contributed by atoms with E-state index in [2.05, 4.69) is 10.2 Å². The van der Waals surface area contributed by atoms with E-state index in [4.69, 9.17) is 9.47 Å². The van der Waals surface area contributed by atoms with E-state index in [0.717, 1.165) is 34.7 Å². The molecule has 5 nitrogen and oxygen atoms in total. The lowest BCUT2D eigenvalue weighted by molar-refractivity contribution is 0.297. The standard InChI is InChI=1S/C15H16N2O3/c1-9-10(2)15(18)17-16-14(9)11-4-5-12-13(8-11)20-7-3-6-19-12/h4-5,8H,3,6-7H2,1-2H3,(H,17,18). The summed E-state index contributed by atoms with van der Waals surface area (Å²) >= 11 is 0. The quantitative estimate of drug-likeness (QED) is 0.864. The number of hydrogen-bond donors (Lipinski definition) is 1. The molecule has 1 aromatic carbocycles. The molecule has 1 aliphatic rings. The second-order valence-corrected chi connectivity index (χ2v) is 4.86. The highest BCUT2D eigenvalue weighted by Crippen LogP contribution is 2.34. The van der Waals surface area contributed by atoms with Crippen molar-refractivity contribution in [3.8, 4) is 22.8 Å². The van der Waals surface area contributed by atoms with Crippen LogP contribution in [0.3, 0.4) is 0 Å². The maximum absolute atomic E-state index is 11.5. The van der Waals surface area contributed by atoms with E-state index >= 15 is 0 Å². The van der Waals surface area contributed by atoms with E-state index < -0.39 is 0 Å². The van der Waals surface area contributed by atoms with Crippen LogP contribution in [-0.2, 0) is 0 Å². The molecule has 1 aliphatic heterocycles. The minimum Gasteiger partial charge on any atom is -0.490 e. The first-order valence-corrected chi connectivity index (χ1v) is 6.62. The number of H-pyrrole nitrogens is 1. The average molecular weight is 272 g/mol. The van der Waals surface area contributed by atoms with Crippen molar-refractivity contribution in [2.24, 2.45) is 0 Å². The highest BCUT2D eigenvalue weighted by molar-refractivity contribution is 5.67. The molecule has 2 aromatic rings. The number of rotatable bonds is 1. The summed E-state index contributed by atoms with van der Waals surface area (Å²) < 4.78 is 11.3. The minimum atomic E-state index is -0.152. The van der Waals surface area contributed by atoms with Gasteiger partial charge in [0.2, 0.25) is 0 Å². The molecule has 0 aliphatic carbocycles. The Morgan fingerprint density at radius 2 is 1.85 bits per heavy atom. The van der Waals surface area contributed by atoms with Gasteiger partial charge < -0.3 is 9.47 Å². The lowest BCUT2D eigenvalue weighted by Gasteiger charge is -2.11. The third kappa shape index (κ3) is 2.15. The predicted octanol–water partition coefficient (Wildman–Crippen LogP) is 2.22. The van der Waals surface area contributed by atoms with Crippen molar-refractivity contribution in [1.82, 2.24) is 10.2 Å². The van der Waals surface area contributed by atoms with Crippen LogP contribution in [0.2, 0.25) is 0 Å². The monoisotopic (exact) mass is 272 g/mol.